The Balaban J connectivity index is 2.03. The molecule has 4 nitrogen and oxygen atoms in total. The molecule has 0 aliphatic heterocycles. The predicted molar refractivity (Wildman–Crippen MR) is 66.1 cm³/mol. The minimum atomic E-state index is -0.584. The monoisotopic (exact) mass is 266 g/mol. The molecule has 2 N–H and O–H groups in total. The number of benzene rings is 1. The van der Waals surface area contributed by atoms with Gasteiger partial charge in [0.25, 0.3) is 5.91 Å². The SMILES string of the molecule is Cc1nc(CNC(=O)c2ccc(F)cc2O)cs1. The van der Waals surface area contributed by atoms with Gasteiger partial charge >= 0.3 is 0 Å². The van der Waals surface area contributed by atoms with Crippen molar-refractivity contribution in [3.63, 3.8) is 0 Å². The summed E-state index contributed by atoms with van der Waals surface area (Å²) in [4.78, 5) is 15.9. The van der Waals surface area contributed by atoms with Crippen LogP contribution in [0.3, 0.4) is 0 Å². The average molecular weight is 266 g/mol. The zero-order chi connectivity index (χ0) is 13.1. The number of hydrogen-bond donors (Lipinski definition) is 2. The van der Waals surface area contributed by atoms with Gasteiger partial charge in [-0.25, -0.2) is 9.37 Å². The van der Waals surface area contributed by atoms with Crippen LogP contribution in [-0.2, 0) is 6.54 Å². The first-order valence-electron chi connectivity index (χ1n) is 5.24. The van der Waals surface area contributed by atoms with Gasteiger partial charge < -0.3 is 10.4 Å². The fourth-order valence-electron chi connectivity index (χ4n) is 1.45. The van der Waals surface area contributed by atoms with Crippen LogP contribution in [0.2, 0.25) is 0 Å². The maximum absolute atomic E-state index is 12.8. The first-order valence-corrected chi connectivity index (χ1v) is 6.12. The summed E-state index contributed by atoms with van der Waals surface area (Å²) < 4.78 is 12.8. The number of hydrogen-bond acceptors (Lipinski definition) is 4. The molecule has 0 unspecified atom stereocenters. The van der Waals surface area contributed by atoms with Crippen LogP contribution in [0, 0.1) is 12.7 Å². The normalized spacial score (nSPS) is 10.3. The van der Waals surface area contributed by atoms with Gasteiger partial charge in [-0.05, 0) is 19.1 Å². The second-order valence-corrected chi connectivity index (χ2v) is 4.76. The third kappa shape index (κ3) is 2.84. The van der Waals surface area contributed by atoms with E-state index < -0.39 is 11.7 Å². The van der Waals surface area contributed by atoms with Gasteiger partial charge in [0, 0.05) is 11.4 Å². The lowest BCUT2D eigenvalue weighted by molar-refractivity contribution is 0.0947. The summed E-state index contributed by atoms with van der Waals surface area (Å²) in [6.45, 7) is 2.15. The number of aromatic hydroxyl groups is 1. The van der Waals surface area contributed by atoms with Crippen LogP contribution >= 0.6 is 11.3 Å². The second-order valence-electron chi connectivity index (χ2n) is 3.70. The van der Waals surface area contributed by atoms with Crippen molar-refractivity contribution >= 4 is 17.2 Å². The van der Waals surface area contributed by atoms with Gasteiger partial charge in [0.2, 0.25) is 0 Å². The van der Waals surface area contributed by atoms with E-state index in [1.807, 2.05) is 12.3 Å². The smallest absolute Gasteiger partial charge is 0.255 e. The van der Waals surface area contributed by atoms with Crippen molar-refractivity contribution in [1.29, 1.82) is 0 Å². The van der Waals surface area contributed by atoms with Crippen molar-refractivity contribution in [3.8, 4) is 5.75 Å². The molecule has 0 aliphatic rings. The summed E-state index contributed by atoms with van der Waals surface area (Å²) in [7, 11) is 0. The van der Waals surface area contributed by atoms with Gasteiger partial charge in [0.15, 0.2) is 0 Å². The van der Waals surface area contributed by atoms with Gasteiger partial charge in [0.05, 0.1) is 22.8 Å². The van der Waals surface area contributed by atoms with Gasteiger partial charge in [0.1, 0.15) is 11.6 Å². The fraction of sp³-hybridized carbons (Fsp3) is 0.167. The number of nitrogens with one attached hydrogen (secondary N) is 1. The summed E-state index contributed by atoms with van der Waals surface area (Å²) in [6.07, 6.45) is 0. The molecule has 0 atom stereocenters. The Morgan fingerprint density at radius 1 is 1.56 bits per heavy atom. The van der Waals surface area contributed by atoms with E-state index in [0.717, 1.165) is 22.8 Å². The van der Waals surface area contributed by atoms with E-state index in [1.165, 1.54) is 17.4 Å². The summed E-state index contributed by atoms with van der Waals surface area (Å²) in [6, 6.07) is 3.27. The standard InChI is InChI=1S/C12H11FN2O2S/c1-7-15-9(6-18-7)5-14-12(17)10-3-2-8(13)4-11(10)16/h2-4,6,16H,5H2,1H3,(H,14,17). The lowest BCUT2D eigenvalue weighted by Gasteiger charge is -2.05. The molecule has 0 saturated heterocycles. The van der Waals surface area contributed by atoms with Crippen molar-refractivity contribution in [2.75, 3.05) is 0 Å². The number of carbonyl (C=O) groups is 1. The van der Waals surface area contributed by atoms with Gasteiger partial charge in [-0.2, -0.15) is 0 Å². The van der Waals surface area contributed by atoms with Gasteiger partial charge in [-0.1, -0.05) is 0 Å². The highest BCUT2D eigenvalue weighted by atomic mass is 32.1. The van der Waals surface area contributed by atoms with Crippen molar-refractivity contribution in [1.82, 2.24) is 10.3 Å². The molecule has 94 valence electrons. The number of carbonyl (C=O) groups excluding carboxylic acids is 1. The number of aryl methyl sites for hydroxylation is 1. The van der Waals surface area contributed by atoms with E-state index in [-0.39, 0.29) is 17.9 Å². The maximum atomic E-state index is 12.8. The summed E-state index contributed by atoms with van der Waals surface area (Å²) in [5.41, 5.74) is 0.802. The highest BCUT2D eigenvalue weighted by molar-refractivity contribution is 7.09. The number of amides is 1. The first-order chi connectivity index (χ1) is 8.56. The molecule has 0 fully saturated rings. The molecule has 2 aromatic rings. The number of nitrogens with zero attached hydrogens (tertiary/aromatic N) is 1. The van der Waals surface area contributed by atoms with Crippen LogP contribution in [0.15, 0.2) is 23.6 Å². The summed E-state index contributed by atoms with van der Waals surface area (Å²) >= 11 is 1.50. The molecule has 0 aliphatic carbocycles. The van der Waals surface area contributed by atoms with Gasteiger partial charge in [-0.3, -0.25) is 4.79 Å². The largest absolute Gasteiger partial charge is 0.507 e. The predicted octanol–water partition coefficient (Wildman–Crippen LogP) is 2.23. The van der Waals surface area contributed by atoms with E-state index in [9.17, 15) is 14.3 Å². The Bertz CT molecular complexity index is 583. The number of halogens is 1. The Hall–Kier alpha value is -1.95. The summed E-state index contributed by atoms with van der Waals surface area (Å²) in [5, 5.41) is 14.8. The van der Waals surface area contributed by atoms with Crippen LogP contribution in [0.5, 0.6) is 5.75 Å². The summed E-state index contributed by atoms with van der Waals surface area (Å²) in [5.74, 6) is -1.42. The molecular formula is C12H11FN2O2S. The molecule has 2 rings (SSSR count). The third-order valence-electron chi connectivity index (χ3n) is 2.30. The number of aromatic nitrogens is 1. The molecule has 1 aromatic heterocycles. The Morgan fingerprint density at radius 3 is 2.94 bits per heavy atom. The Labute approximate surface area is 107 Å². The van der Waals surface area contributed by atoms with E-state index in [2.05, 4.69) is 10.3 Å². The quantitative estimate of drug-likeness (QED) is 0.895. The van der Waals surface area contributed by atoms with Gasteiger partial charge in [-0.15, -0.1) is 11.3 Å². The van der Waals surface area contributed by atoms with E-state index >= 15 is 0 Å². The van der Waals surface area contributed by atoms with Crippen LogP contribution < -0.4 is 5.32 Å². The van der Waals surface area contributed by atoms with E-state index in [1.54, 1.807) is 0 Å². The minimum absolute atomic E-state index is 0.0448. The third-order valence-corrected chi connectivity index (χ3v) is 3.12. The minimum Gasteiger partial charge on any atom is -0.507 e. The van der Waals surface area contributed by atoms with Crippen molar-refractivity contribution in [2.24, 2.45) is 0 Å². The topological polar surface area (TPSA) is 62.2 Å². The van der Waals surface area contributed by atoms with Crippen molar-refractivity contribution in [3.05, 3.63) is 45.7 Å². The van der Waals surface area contributed by atoms with E-state index in [0.29, 0.717) is 0 Å². The first kappa shape index (κ1) is 12.5. The molecule has 0 spiro atoms. The molecule has 0 bridgehead atoms. The molecule has 1 aromatic carbocycles. The van der Waals surface area contributed by atoms with Crippen LogP contribution in [0.1, 0.15) is 21.1 Å². The number of phenolic OH excluding ortho intramolecular Hbond substituents is 1. The molecule has 0 saturated carbocycles. The number of rotatable bonds is 3. The lowest BCUT2D eigenvalue weighted by Crippen LogP contribution is -2.23. The van der Waals surface area contributed by atoms with Crippen LogP contribution in [0.25, 0.3) is 0 Å². The average Bonchev–Trinajstić information content (AvgIpc) is 2.72. The highest BCUT2D eigenvalue weighted by Crippen LogP contribution is 2.18. The molecule has 6 heteroatoms. The van der Waals surface area contributed by atoms with E-state index in [4.69, 9.17) is 0 Å². The van der Waals surface area contributed by atoms with Crippen LogP contribution in [-0.4, -0.2) is 16.0 Å². The molecule has 0 radical (unpaired) electrons. The number of thiazole rings is 1. The van der Waals surface area contributed by atoms with Crippen molar-refractivity contribution in [2.45, 2.75) is 13.5 Å². The Morgan fingerprint density at radius 2 is 2.33 bits per heavy atom. The molecule has 1 heterocycles. The molecule has 1 amide bonds. The highest BCUT2D eigenvalue weighted by Gasteiger charge is 2.11. The fourth-order valence-corrected chi connectivity index (χ4v) is 2.06. The van der Waals surface area contributed by atoms with Crippen LogP contribution in [0.4, 0.5) is 4.39 Å². The molecule has 18 heavy (non-hydrogen) atoms. The zero-order valence-electron chi connectivity index (χ0n) is 9.61. The van der Waals surface area contributed by atoms with Crippen molar-refractivity contribution < 1.29 is 14.3 Å². The molecular weight excluding hydrogens is 255 g/mol. The lowest BCUT2D eigenvalue weighted by atomic mass is 10.2. The maximum Gasteiger partial charge on any atom is 0.255 e. The second kappa shape index (κ2) is 5.14. The zero-order valence-corrected chi connectivity index (χ0v) is 10.4. The Kier molecular flexibility index (Phi) is 3.57. The number of phenols is 1.